The molecule has 4 fully saturated rings. The van der Waals surface area contributed by atoms with E-state index in [0.717, 1.165) is 11.6 Å². The normalized spacial score (nSPS) is 27.8. The number of carbonyl (C=O) groups is 4. The van der Waals surface area contributed by atoms with Crippen LogP contribution in [0.15, 0.2) is 60.7 Å². The van der Waals surface area contributed by atoms with Gasteiger partial charge in [0.05, 0.1) is 13.2 Å². The summed E-state index contributed by atoms with van der Waals surface area (Å²) in [7, 11) is 1.51. The zero-order chi connectivity index (χ0) is 35.6. The summed E-state index contributed by atoms with van der Waals surface area (Å²) in [6.07, 6.45) is -5.43. The first kappa shape index (κ1) is 35.5. The van der Waals surface area contributed by atoms with Crippen molar-refractivity contribution >= 4 is 29.8 Å². The van der Waals surface area contributed by atoms with Gasteiger partial charge in [0.1, 0.15) is 42.7 Å². The third kappa shape index (κ3) is 7.11. The molecule has 0 radical (unpaired) electrons. The number of carbonyl (C=O) groups excluding carboxylic acids is 4. The monoisotopic (exact) mass is 703 g/mol. The average molecular weight is 704 g/mol. The second kappa shape index (κ2) is 14.5. The Hall–Kier alpha value is -4.35. The molecule has 268 valence electrons. The number of hydroxylamine groups is 2. The van der Waals surface area contributed by atoms with Crippen LogP contribution in [0.4, 0.5) is 13.2 Å². The summed E-state index contributed by atoms with van der Waals surface area (Å²) in [6, 6.07) is 13.5. The number of likely N-dealkylation sites (N-methyl/N-ethyl adjacent to an activating group) is 1. The summed E-state index contributed by atoms with van der Waals surface area (Å²) in [4.78, 5) is 61.6. The van der Waals surface area contributed by atoms with Gasteiger partial charge in [-0.2, -0.15) is 18.2 Å². The third-order valence-electron chi connectivity index (χ3n) is 9.35. The lowest BCUT2D eigenvalue weighted by Crippen LogP contribution is -2.70. The largest absolute Gasteiger partial charge is 0.458 e. The van der Waals surface area contributed by atoms with E-state index in [9.17, 15) is 37.5 Å². The SMILES string of the molecule is CN(C(=O)C12CC3OC(=O)C1N(Cc1ccc(C=CC(=O)OCC(F)(F)F)cc1)OC2C1OCOC31)C(Cc1ccccc1)C(=O)NCCO. The van der Waals surface area contributed by atoms with Crippen molar-refractivity contribution in [1.82, 2.24) is 15.3 Å². The van der Waals surface area contributed by atoms with Crippen molar-refractivity contribution in [1.29, 1.82) is 0 Å². The van der Waals surface area contributed by atoms with Gasteiger partial charge in [-0.25, -0.2) is 4.79 Å². The fraction of sp³-hybridized carbons (Fsp3) is 0.471. The maximum atomic E-state index is 14.9. The number of aliphatic hydroxyl groups excluding tert-OH is 1. The van der Waals surface area contributed by atoms with E-state index in [0.29, 0.717) is 11.1 Å². The molecule has 2 N–H and O–H groups in total. The van der Waals surface area contributed by atoms with E-state index >= 15 is 0 Å². The first-order valence-corrected chi connectivity index (χ1v) is 16.0. The molecule has 2 aromatic carbocycles. The van der Waals surface area contributed by atoms with Gasteiger partial charge in [0.25, 0.3) is 0 Å². The number of amides is 2. The van der Waals surface area contributed by atoms with E-state index in [1.54, 1.807) is 24.3 Å². The number of esters is 2. The maximum Gasteiger partial charge on any atom is 0.422 e. The number of ether oxygens (including phenoxy) is 4. The molecule has 3 heterocycles. The lowest BCUT2D eigenvalue weighted by molar-refractivity contribution is -0.204. The number of fused-ring (bicyclic) bond motifs is 4. The van der Waals surface area contributed by atoms with Gasteiger partial charge in [0.15, 0.2) is 12.6 Å². The molecule has 0 aromatic heterocycles. The van der Waals surface area contributed by atoms with Crippen LogP contribution >= 0.6 is 0 Å². The first-order valence-electron chi connectivity index (χ1n) is 16.0. The van der Waals surface area contributed by atoms with Gasteiger partial charge in [-0.1, -0.05) is 54.6 Å². The fourth-order valence-corrected chi connectivity index (χ4v) is 7.10. The van der Waals surface area contributed by atoms with Crippen LogP contribution in [-0.4, -0.2) is 115 Å². The smallest absolute Gasteiger partial charge is 0.422 e. The van der Waals surface area contributed by atoms with Crippen LogP contribution in [0.25, 0.3) is 6.08 Å². The minimum absolute atomic E-state index is 0.0139. The predicted molar refractivity (Wildman–Crippen MR) is 165 cm³/mol. The molecule has 50 heavy (non-hydrogen) atoms. The Morgan fingerprint density at radius 3 is 2.52 bits per heavy atom. The highest BCUT2D eigenvalue weighted by molar-refractivity contribution is 5.96. The van der Waals surface area contributed by atoms with Crippen LogP contribution in [0, 0.1) is 5.41 Å². The van der Waals surface area contributed by atoms with Crippen molar-refractivity contribution in [2.75, 3.05) is 33.6 Å². The summed E-state index contributed by atoms with van der Waals surface area (Å²) >= 11 is 0. The second-order valence-corrected chi connectivity index (χ2v) is 12.5. The Morgan fingerprint density at radius 2 is 1.82 bits per heavy atom. The number of rotatable bonds is 12. The molecular formula is C34H36F3N3O10. The van der Waals surface area contributed by atoms with E-state index in [1.807, 2.05) is 30.3 Å². The van der Waals surface area contributed by atoms with Crippen LogP contribution in [0.5, 0.6) is 0 Å². The molecule has 2 aromatic rings. The van der Waals surface area contributed by atoms with E-state index in [2.05, 4.69) is 10.1 Å². The molecule has 0 spiro atoms. The van der Waals surface area contributed by atoms with Gasteiger partial charge in [0.2, 0.25) is 11.8 Å². The maximum absolute atomic E-state index is 14.9. The number of aliphatic hydroxyl groups is 1. The number of benzene rings is 2. The van der Waals surface area contributed by atoms with Crippen LogP contribution < -0.4 is 5.32 Å². The summed E-state index contributed by atoms with van der Waals surface area (Å²) in [5.41, 5.74) is 0.403. The molecule has 7 atom stereocenters. The number of hydrogen-bond donors (Lipinski definition) is 2. The molecule has 3 aliphatic heterocycles. The van der Waals surface area contributed by atoms with E-state index < -0.39 is 78.5 Å². The molecule has 7 unspecified atom stereocenters. The van der Waals surface area contributed by atoms with Crippen LogP contribution in [-0.2, 0) is 55.9 Å². The van der Waals surface area contributed by atoms with Crippen molar-refractivity contribution in [3.8, 4) is 0 Å². The molecule has 2 bridgehead atoms. The summed E-state index contributed by atoms with van der Waals surface area (Å²) in [5.74, 6) is -2.83. The number of nitrogens with one attached hydrogen (secondary N) is 1. The highest BCUT2D eigenvalue weighted by Gasteiger charge is 2.75. The molecule has 1 saturated carbocycles. The Balaban J connectivity index is 1.26. The fourth-order valence-electron chi connectivity index (χ4n) is 7.10. The van der Waals surface area contributed by atoms with Crippen LogP contribution in [0.1, 0.15) is 23.1 Å². The van der Waals surface area contributed by atoms with Crippen molar-refractivity contribution in [2.24, 2.45) is 5.41 Å². The lowest BCUT2D eigenvalue weighted by Gasteiger charge is -2.50. The van der Waals surface area contributed by atoms with Gasteiger partial charge in [0, 0.05) is 32.5 Å². The lowest BCUT2D eigenvalue weighted by atomic mass is 9.62. The van der Waals surface area contributed by atoms with E-state index in [-0.39, 0.29) is 39.3 Å². The molecule has 6 rings (SSSR count). The number of hydrogen-bond acceptors (Lipinski definition) is 11. The molecule has 16 heteroatoms. The summed E-state index contributed by atoms with van der Waals surface area (Å²) in [6.45, 7) is -2.08. The zero-order valence-electron chi connectivity index (χ0n) is 26.9. The van der Waals surface area contributed by atoms with Gasteiger partial charge in [-0.05, 0) is 22.8 Å². The van der Waals surface area contributed by atoms with E-state index in [1.165, 1.54) is 23.1 Å². The number of nitrogens with zero attached hydrogens (tertiary/aromatic N) is 2. The third-order valence-corrected chi connectivity index (χ3v) is 9.35. The molecular weight excluding hydrogens is 667 g/mol. The van der Waals surface area contributed by atoms with Gasteiger partial charge in [-0.3, -0.25) is 19.2 Å². The minimum atomic E-state index is -4.64. The quantitative estimate of drug-likeness (QED) is 0.245. The number of alkyl halides is 3. The standard InChI is InChI=1S/C34H36F3N3O10/c1-39(23(30(43)38-13-14-41)15-21-5-3-2-4-6-21)32(45)33-16-24-26-27(48-19-47-26)29(33)50-40(28(33)31(44)49-24)17-22-9-7-20(8-10-22)11-12-25(42)46-18-34(35,36)37/h2-12,23-24,26-29,41H,13-19H2,1H3,(H,38,43). The van der Waals surface area contributed by atoms with E-state index in [4.69, 9.17) is 19.0 Å². The van der Waals surface area contributed by atoms with Gasteiger partial charge in [-0.15, -0.1) is 0 Å². The number of halogens is 3. The Kier molecular flexibility index (Phi) is 10.3. The Bertz CT molecular complexity index is 1610. The summed E-state index contributed by atoms with van der Waals surface area (Å²) < 4.78 is 58.7. The van der Waals surface area contributed by atoms with Crippen molar-refractivity contribution in [3.63, 3.8) is 0 Å². The average Bonchev–Trinajstić information content (AvgIpc) is 3.73. The van der Waals surface area contributed by atoms with Crippen LogP contribution in [0.2, 0.25) is 0 Å². The Morgan fingerprint density at radius 1 is 1.10 bits per heavy atom. The minimum Gasteiger partial charge on any atom is -0.458 e. The van der Waals surface area contributed by atoms with Crippen molar-refractivity contribution < 1.29 is 61.2 Å². The predicted octanol–water partition coefficient (Wildman–Crippen LogP) is 1.52. The van der Waals surface area contributed by atoms with Crippen molar-refractivity contribution in [2.45, 2.75) is 62.1 Å². The molecule has 1 aliphatic carbocycles. The highest BCUT2D eigenvalue weighted by atomic mass is 19.4. The Labute approximate surface area is 284 Å². The zero-order valence-corrected chi connectivity index (χ0v) is 26.9. The summed E-state index contributed by atoms with van der Waals surface area (Å²) in [5, 5.41) is 13.4. The first-order chi connectivity index (χ1) is 23.9. The van der Waals surface area contributed by atoms with Crippen LogP contribution in [0.3, 0.4) is 0 Å². The van der Waals surface area contributed by atoms with Gasteiger partial charge >= 0.3 is 18.1 Å². The second-order valence-electron chi connectivity index (χ2n) is 12.5. The molecule has 4 aliphatic rings. The molecule has 13 nitrogen and oxygen atoms in total. The highest BCUT2D eigenvalue weighted by Crippen LogP contribution is 2.56. The van der Waals surface area contributed by atoms with Gasteiger partial charge < -0.3 is 34.3 Å². The molecule has 3 saturated heterocycles. The topological polar surface area (TPSA) is 153 Å². The van der Waals surface area contributed by atoms with Crippen molar-refractivity contribution in [3.05, 3.63) is 77.4 Å². The molecule has 2 amide bonds.